The molecule has 1 aliphatic heterocycles. The van der Waals surface area contributed by atoms with Crippen LogP contribution < -0.4 is 0 Å². The Balaban J connectivity index is 1.57. The van der Waals surface area contributed by atoms with Crippen LogP contribution in [0.15, 0.2) is 42.5 Å². The third kappa shape index (κ3) is 4.31. The summed E-state index contributed by atoms with van der Waals surface area (Å²) in [4.78, 5) is 2.37. The van der Waals surface area contributed by atoms with Crippen molar-refractivity contribution in [1.29, 1.82) is 0 Å². The third-order valence-corrected chi connectivity index (χ3v) is 4.83. The number of hydrogen-bond donors (Lipinski definition) is 1. The maximum Gasteiger partial charge on any atom is 0.124 e. The fourth-order valence-corrected chi connectivity index (χ4v) is 3.53. The smallest absolute Gasteiger partial charge is 0.124 e. The number of halogens is 2. The molecule has 0 aliphatic carbocycles. The Morgan fingerprint density at radius 2 is 2.00 bits per heavy atom. The second-order valence-corrected chi connectivity index (χ2v) is 6.71. The van der Waals surface area contributed by atoms with E-state index in [1.807, 2.05) is 12.1 Å². The van der Waals surface area contributed by atoms with E-state index in [4.69, 9.17) is 11.6 Å². The molecule has 122 valence electrons. The lowest BCUT2D eigenvalue weighted by molar-refractivity contribution is 0.281. The van der Waals surface area contributed by atoms with Crippen molar-refractivity contribution in [2.75, 3.05) is 13.1 Å². The Kier molecular flexibility index (Phi) is 5.31. The first-order chi connectivity index (χ1) is 11.1. The first kappa shape index (κ1) is 16.4. The molecule has 0 aromatic heterocycles. The van der Waals surface area contributed by atoms with Crippen LogP contribution in [0.3, 0.4) is 0 Å². The van der Waals surface area contributed by atoms with E-state index in [1.54, 1.807) is 6.07 Å². The van der Waals surface area contributed by atoms with Crippen molar-refractivity contribution in [3.8, 4) is 0 Å². The molecule has 0 bridgehead atoms. The van der Waals surface area contributed by atoms with Gasteiger partial charge in [0.15, 0.2) is 0 Å². The van der Waals surface area contributed by atoms with E-state index in [0.29, 0.717) is 10.9 Å². The monoisotopic (exact) mass is 333 g/mol. The minimum atomic E-state index is -0.290. The number of aliphatic hydroxyl groups excluding tert-OH is 1. The van der Waals surface area contributed by atoms with E-state index in [2.05, 4.69) is 17.0 Å². The summed E-state index contributed by atoms with van der Waals surface area (Å²) >= 11 is 6.12. The van der Waals surface area contributed by atoms with Crippen LogP contribution in [-0.2, 0) is 19.6 Å². The maximum absolute atomic E-state index is 13.1. The largest absolute Gasteiger partial charge is 0.392 e. The highest BCUT2D eigenvalue weighted by Gasteiger charge is 2.23. The second kappa shape index (κ2) is 7.43. The summed E-state index contributed by atoms with van der Waals surface area (Å²) in [6, 6.07) is 12.8. The Morgan fingerprint density at radius 1 is 1.17 bits per heavy atom. The van der Waals surface area contributed by atoms with E-state index in [0.717, 1.165) is 43.6 Å². The molecule has 1 unspecified atom stereocenters. The van der Waals surface area contributed by atoms with Gasteiger partial charge in [-0.05, 0) is 54.1 Å². The molecule has 1 saturated heterocycles. The molecule has 0 radical (unpaired) electrons. The third-order valence-electron chi connectivity index (χ3n) is 4.48. The molecule has 1 heterocycles. The second-order valence-electron chi connectivity index (χ2n) is 6.31. The van der Waals surface area contributed by atoms with Crippen LogP contribution in [-0.4, -0.2) is 23.1 Å². The zero-order valence-corrected chi connectivity index (χ0v) is 13.8. The van der Waals surface area contributed by atoms with Gasteiger partial charge in [-0.3, -0.25) is 4.90 Å². The summed E-state index contributed by atoms with van der Waals surface area (Å²) in [6.45, 7) is 2.93. The average molecular weight is 334 g/mol. The van der Waals surface area contributed by atoms with Crippen molar-refractivity contribution < 1.29 is 9.50 Å². The molecule has 2 aromatic carbocycles. The summed E-state index contributed by atoms with van der Waals surface area (Å²) in [6.07, 6.45) is 2.18. The molecule has 1 aliphatic rings. The van der Waals surface area contributed by atoms with Gasteiger partial charge in [0.05, 0.1) is 6.61 Å². The lowest BCUT2D eigenvalue weighted by Crippen LogP contribution is -2.20. The number of nitrogens with zero attached hydrogens (tertiary/aromatic N) is 1. The highest BCUT2D eigenvalue weighted by molar-refractivity contribution is 6.31. The molecular weight excluding hydrogens is 313 g/mol. The standard InChI is InChI=1S/C19H21ClFNO/c20-19-10-18(21)5-4-17(19)12-22-7-6-15(11-22)8-14-2-1-3-16(9-14)13-23/h1-5,9-10,15,23H,6-8,11-13H2. The van der Waals surface area contributed by atoms with Gasteiger partial charge in [-0.1, -0.05) is 41.9 Å². The summed E-state index contributed by atoms with van der Waals surface area (Å²) in [7, 11) is 0. The van der Waals surface area contributed by atoms with E-state index in [9.17, 15) is 9.50 Å². The van der Waals surface area contributed by atoms with Crippen molar-refractivity contribution in [2.45, 2.75) is 26.0 Å². The molecule has 3 rings (SSSR count). The van der Waals surface area contributed by atoms with E-state index in [1.165, 1.54) is 17.7 Å². The Labute approximate surface area is 141 Å². The lowest BCUT2D eigenvalue weighted by atomic mass is 9.97. The van der Waals surface area contributed by atoms with Gasteiger partial charge >= 0.3 is 0 Å². The van der Waals surface area contributed by atoms with Gasteiger partial charge < -0.3 is 5.11 Å². The summed E-state index contributed by atoms with van der Waals surface area (Å²) in [5.41, 5.74) is 3.23. The lowest BCUT2D eigenvalue weighted by Gasteiger charge is -2.17. The molecular formula is C19H21ClFNO. The van der Waals surface area contributed by atoms with Crippen molar-refractivity contribution in [2.24, 2.45) is 5.92 Å². The Hall–Kier alpha value is -1.42. The number of hydrogen-bond acceptors (Lipinski definition) is 2. The molecule has 1 N–H and O–H groups in total. The fraction of sp³-hybridized carbons (Fsp3) is 0.368. The van der Waals surface area contributed by atoms with Crippen LogP contribution in [0, 0.1) is 11.7 Å². The van der Waals surface area contributed by atoms with Gasteiger partial charge in [0.25, 0.3) is 0 Å². The molecule has 0 amide bonds. The number of rotatable bonds is 5. The van der Waals surface area contributed by atoms with Gasteiger partial charge in [-0.25, -0.2) is 4.39 Å². The first-order valence-corrected chi connectivity index (χ1v) is 8.37. The van der Waals surface area contributed by atoms with Crippen molar-refractivity contribution in [3.63, 3.8) is 0 Å². The van der Waals surface area contributed by atoms with Crippen LogP contribution in [0.4, 0.5) is 4.39 Å². The van der Waals surface area contributed by atoms with Gasteiger partial charge in [-0.15, -0.1) is 0 Å². The normalized spacial score (nSPS) is 18.5. The van der Waals surface area contributed by atoms with Crippen molar-refractivity contribution in [1.82, 2.24) is 4.90 Å². The SMILES string of the molecule is OCc1cccc(CC2CCN(Cc3ccc(F)cc3Cl)C2)c1. The zero-order valence-electron chi connectivity index (χ0n) is 13.0. The topological polar surface area (TPSA) is 23.5 Å². The first-order valence-electron chi connectivity index (χ1n) is 7.99. The van der Waals surface area contributed by atoms with Crippen LogP contribution in [0.25, 0.3) is 0 Å². The van der Waals surface area contributed by atoms with Gasteiger partial charge in [0.2, 0.25) is 0 Å². The van der Waals surface area contributed by atoms with Crippen LogP contribution in [0.1, 0.15) is 23.1 Å². The quantitative estimate of drug-likeness (QED) is 0.892. The highest BCUT2D eigenvalue weighted by atomic mass is 35.5. The molecule has 23 heavy (non-hydrogen) atoms. The molecule has 0 spiro atoms. The molecule has 0 saturated carbocycles. The highest BCUT2D eigenvalue weighted by Crippen LogP contribution is 2.25. The number of aliphatic hydroxyl groups is 1. The molecule has 2 aromatic rings. The molecule has 1 fully saturated rings. The summed E-state index contributed by atoms with van der Waals surface area (Å²) in [5, 5.41) is 9.73. The minimum absolute atomic E-state index is 0.0910. The molecule has 1 atom stereocenters. The summed E-state index contributed by atoms with van der Waals surface area (Å²) in [5.74, 6) is 0.324. The van der Waals surface area contributed by atoms with Gasteiger partial charge in [-0.2, -0.15) is 0 Å². The van der Waals surface area contributed by atoms with Gasteiger partial charge in [0.1, 0.15) is 5.82 Å². The zero-order chi connectivity index (χ0) is 16.2. The van der Waals surface area contributed by atoms with Gasteiger partial charge in [0, 0.05) is 18.1 Å². The fourth-order valence-electron chi connectivity index (χ4n) is 3.30. The Bertz CT molecular complexity index is 676. The predicted molar refractivity (Wildman–Crippen MR) is 90.9 cm³/mol. The van der Waals surface area contributed by atoms with Crippen LogP contribution in [0.2, 0.25) is 5.02 Å². The molecule has 2 nitrogen and oxygen atoms in total. The van der Waals surface area contributed by atoms with Crippen LogP contribution in [0.5, 0.6) is 0 Å². The Morgan fingerprint density at radius 3 is 2.78 bits per heavy atom. The van der Waals surface area contributed by atoms with Crippen molar-refractivity contribution >= 4 is 11.6 Å². The van der Waals surface area contributed by atoms with Crippen LogP contribution >= 0.6 is 11.6 Å². The number of benzene rings is 2. The maximum atomic E-state index is 13.1. The van der Waals surface area contributed by atoms with E-state index >= 15 is 0 Å². The minimum Gasteiger partial charge on any atom is -0.392 e. The van der Waals surface area contributed by atoms with E-state index in [-0.39, 0.29) is 12.4 Å². The van der Waals surface area contributed by atoms with E-state index < -0.39 is 0 Å². The number of likely N-dealkylation sites (tertiary alicyclic amines) is 1. The average Bonchev–Trinajstić information content (AvgIpc) is 2.97. The summed E-state index contributed by atoms with van der Waals surface area (Å²) < 4.78 is 13.1. The predicted octanol–water partition coefficient (Wildman–Crippen LogP) is 4.04. The van der Waals surface area contributed by atoms with Crippen molar-refractivity contribution in [3.05, 3.63) is 70.0 Å². The molecule has 4 heteroatoms.